The molecule has 0 aromatic heterocycles. The van der Waals surface area contributed by atoms with E-state index < -0.39 is 16.8 Å². The van der Waals surface area contributed by atoms with E-state index in [1.807, 2.05) is 27.7 Å². The molecule has 12 atom stereocenters. The average Bonchev–Trinajstić information content (AvgIpc) is 3.31. The van der Waals surface area contributed by atoms with Crippen LogP contribution in [0.5, 0.6) is 0 Å². The number of allylic oxidation sites excluding steroid dienone is 14. The Labute approximate surface area is 439 Å². The van der Waals surface area contributed by atoms with E-state index >= 15 is 0 Å². The normalized spacial score (nSPS) is 44.0. The van der Waals surface area contributed by atoms with E-state index in [0.717, 1.165) is 112 Å². The fourth-order valence-electron chi connectivity index (χ4n) is 17.6. The van der Waals surface area contributed by atoms with Crippen molar-refractivity contribution < 1.29 is 39.2 Å². The lowest BCUT2D eigenvalue weighted by Gasteiger charge is -2.70. The van der Waals surface area contributed by atoms with Crippen molar-refractivity contribution in [2.45, 2.75) is 187 Å². The highest BCUT2D eigenvalue weighted by Crippen LogP contribution is 2.77. The van der Waals surface area contributed by atoms with Gasteiger partial charge in [-0.2, -0.15) is 0 Å². The number of alkyl halides is 1. The van der Waals surface area contributed by atoms with Gasteiger partial charge in [0.25, 0.3) is 0 Å². The number of fused-ring (bicyclic) bond motifs is 14. The van der Waals surface area contributed by atoms with Gasteiger partial charge < -0.3 is 20.1 Å². The molecule has 3 N–H and O–H groups in total. The number of esters is 1. The number of ketones is 2. The summed E-state index contributed by atoms with van der Waals surface area (Å²) in [5.74, 6) is -0.732. The summed E-state index contributed by atoms with van der Waals surface area (Å²) >= 11 is 2.29. The fourth-order valence-corrected chi connectivity index (χ4v) is 17.6. The van der Waals surface area contributed by atoms with Crippen molar-refractivity contribution in [2.24, 2.45) is 66.0 Å². The lowest BCUT2D eigenvalue weighted by molar-refractivity contribution is -0.182. The number of hydrogen-bond donors (Lipinski definition) is 3. The molecule has 0 heterocycles. The second-order valence-electron chi connectivity index (χ2n) is 26.5. The molecule has 71 heavy (non-hydrogen) atoms. The van der Waals surface area contributed by atoms with Crippen LogP contribution in [0.15, 0.2) is 92.6 Å². The van der Waals surface area contributed by atoms with E-state index in [1.165, 1.54) is 15.6 Å². The van der Waals surface area contributed by atoms with E-state index in [0.29, 0.717) is 29.6 Å². The highest BCUT2D eigenvalue weighted by Gasteiger charge is 2.69. The first kappa shape index (κ1) is 53.8. The smallest absolute Gasteiger partial charge is 0.311 e. The Morgan fingerprint density at radius 3 is 1.32 bits per heavy atom. The Morgan fingerprint density at radius 1 is 0.577 bits per heavy atom. The molecule has 0 aliphatic heterocycles. The number of carboxylic acids is 1. The van der Waals surface area contributed by atoms with Gasteiger partial charge in [0.1, 0.15) is 0 Å². The predicted molar refractivity (Wildman–Crippen MR) is 291 cm³/mol. The van der Waals surface area contributed by atoms with Gasteiger partial charge in [0.05, 0.1) is 17.4 Å². The molecule has 0 bridgehead atoms. The molecule has 10 rings (SSSR count). The summed E-state index contributed by atoms with van der Waals surface area (Å²) in [6.07, 6.45) is 26.0. The molecule has 0 saturated heterocycles. The quantitative estimate of drug-likeness (QED) is 0.144. The SMILES string of the molecule is CC1=C(O)C(=O)C=C2C1=CC=C1[C@@]2(C)CC[C@@]2(C)[C@@H]3C[C@](C)(C(=O)O)CC[C@]3(C)CC[C@]12C.CCI.CCOC(=O)[C@]1(C)CC[C@]2(C)CC[C@]3(C)C4=CC=C5C(=CC(=O)C(O)=C5C)[C@]4(C)CC[C@@]3(C)[C@@H]2C1. The fraction of sp³-hybridized carbons (Fsp3) is 0.677. The third kappa shape index (κ3) is 7.55. The first-order valence-electron chi connectivity index (χ1n) is 27.1. The number of aliphatic carboxylic acids is 1. The molecule has 0 amide bonds. The van der Waals surface area contributed by atoms with Gasteiger partial charge in [-0.15, -0.1) is 0 Å². The summed E-state index contributed by atoms with van der Waals surface area (Å²) in [5.41, 5.74) is 7.15. The third-order valence-corrected chi connectivity index (χ3v) is 23.0. The molecule has 8 nitrogen and oxygen atoms in total. The molecule has 6 fully saturated rings. The molecule has 0 unspecified atom stereocenters. The maximum absolute atomic E-state index is 13.1. The van der Waals surface area contributed by atoms with Crippen molar-refractivity contribution in [1.29, 1.82) is 0 Å². The van der Waals surface area contributed by atoms with Gasteiger partial charge in [-0.05, 0) is 208 Å². The predicted octanol–water partition coefficient (Wildman–Crippen LogP) is 15.3. The number of halogens is 1. The van der Waals surface area contributed by atoms with E-state index in [-0.39, 0.29) is 72.4 Å². The molecule has 0 aromatic carbocycles. The Bertz CT molecular complexity index is 2620. The van der Waals surface area contributed by atoms with Gasteiger partial charge in [0, 0.05) is 22.0 Å². The molecule has 0 aromatic rings. The molecule has 10 aliphatic rings. The third-order valence-electron chi connectivity index (χ3n) is 23.0. The highest BCUT2D eigenvalue weighted by atomic mass is 127. The van der Waals surface area contributed by atoms with Gasteiger partial charge >= 0.3 is 11.9 Å². The Balaban J connectivity index is 0.000000181. The topological polar surface area (TPSA) is 138 Å². The van der Waals surface area contributed by atoms with Crippen LogP contribution in [-0.4, -0.2) is 49.9 Å². The molecule has 6 saturated carbocycles. The first-order valence-corrected chi connectivity index (χ1v) is 28.6. The van der Waals surface area contributed by atoms with E-state index in [4.69, 9.17) is 4.74 Å². The molecule has 388 valence electrons. The number of carboxylic acid groups (broad SMARTS) is 1. The monoisotopic (exact) mass is 1080 g/mol. The number of hydrogen-bond acceptors (Lipinski definition) is 7. The van der Waals surface area contributed by atoms with Crippen LogP contribution < -0.4 is 0 Å². The summed E-state index contributed by atoms with van der Waals surface area (Å²) in [5, 5.41) is 30.7. The number of carbonyl (C=O) groups excluding carboxylic acids is 3. The summed E-state index contributed by atoms with van der Waals surface area (Å²) in [7, 11) is 0. The van der Waals surface area contributed by atoms with Crippen molar-refractivity contribution in [3.63, 3.8) is 0 Å². The van der Waals surface area contributed by atoms with Crippen molar-refractivity contribution in [1.82, 2.24) is 0 Å². The minimum atomic E-state index is -0.655. The van der Waals surface area contributed by atoms with Crippen LogP contribution in [0, 0.1) is 66.0 Å². The van der Waals surface area contributed by atoms with Crippen molar-refractivity contribution >= 4 is 46.1 Å². The molecule has 10 aliphatic carbocycles. The summed E-state index contributed by atoms with van der Waals surface area (Å²) in [6, 6.07) is 0. The van der Waals surface area contributed by atoms with E-state index in [2.05, 4.69) is 116 Å². The minimum absolute atomic E-state index is 0.0000746. The number of ether oxygens (including phenoxy) is 1. The average molecular weight is 1090 g/mol. The number of aliphatic hydroxyl groups excluding tert-OH is 2. The molecular formula is C62H85IO8. The molecule has 0 radical (unpaired) electrons. The van der Waals surface area contributed by atoms with Crippen LogP contribution in [0.25, 0.3) is 0 Å². The van der Waals surface area contributed by atoms with Crippen LogP contribution in [0.1, 0.15) is 187 Å². The maximum Gasteiger partial charge on any atom is 0.311 e. The van der Waals surface area contributed by atoms with Crippen molar-refractivity contribution in [3.8, 4) is 0 Å². The molecule has 0 spiro atoms. The van der Waals surface area contributed by atoms with Crippen molar-refractivity contribution in [2.75, 3.05) is 11.0 Å². The van der Waals surface area contributed by atoms with E-state index in [9.17, 15) is 34.5 Å². The van der Waals surface area contributed by atoms with Crippen LogP contribution >= 0.6 is 22.6 Å². The number of rotatable bonds is 3. The van der Waals surface area contributed by atoms with Crippen LogP contribution in [0.3, 0.4) is 0 Å². The zero-order valence-corrected chi connectivity index (χ0v) is 47.9. The van der Waals surface area contributed by atoms with Crippen LogP contribution in [-0.2, 0) is 23.9 Å². The summed E-state index contributed by atoms with van der Waals surface area (Å²) in [4.78, 5) is 50.5. The Hall–Kier alpha value is -3.47. The second kappa shape index (κ2) is 17.6. The Kier molecular flexibility index (Phi) is 13.3. The Morgan fingerprint density at radius 2 is 0.944 bits per heavy atom. The molecular weight excluding hydrogens is 1000 g/mol. The zero-order chi connectivity index (χ0) is 52.5. The largest absolute Gasteiger partial charge is 0.504 e. The van der Waals surface area contributed by atoms with Crippen LogP contribution in [0.2, 0.25) is 0 Å². The first-order chi connectivity index (χ1) is 32.9. The summed E-state index contributed by atoms with van der Waals surface area (Å²) in [6.45, 7) is 31.5. The highest BCUT2D eigenvalue weighted by molar-refractivity contribution is 14.1. The lowest BCUT2D eigenvalue weighted by Crippen LogP contribution is -2.62. The lowest BCUT2D eigenvalue weighted by atomic mass is 9.34. The number of aliphatic hydroxyl groups is 2. The van der Waals surface area contributed by atoms with Crippen molar-refractivity contribution in [3.05, 3.63) is 92.6 Å². The second-order valence-corrected chi connectivity index (χ2v) is 28.0. The maximum atomic E-state index is 13.1. The van der Waals surface area contributed by atoms with Gasteiger partial charge in [-0.25, -0.2) is 0 Å². The zero-order valence-electron chi connectivity index (χ0n) is 45.7. The van der Waals surface area contributed by atoms with Crippen LogP contribution in [0.4, 0.5) is 0 Å². The summed E-state index contributed by atoms with van der Waals surface area (Å²) < 4.78 is 6.78. The van der Waals surface area contributed by atoms with Gasteiger partial charge in [-0.3, -0.25) is 19.2 Å². The van der Waals surface area contributed by atoms with E-state index in [1.54, 1.807) is 12.2 Å². The van der Waals surface area contributed by atoms with Gasteiger partial charge in [-0.1, -0.05) is 120 Å². The molecule has 9 heteroatoms. The van der Waals surface area contributed by atoms with Gasteiger partial charge in [0.15, 0.2) is 11.5 Å². The minimum Gasteiger partial charge on any atom is -0.504 e. The number of carbonyl (C=O) groups is 4. The van der Waals surface area contributed by atoms with Gasteiger partial charge in [0.2, 0.25) is 11.6 Å². The standard InChI is InChI=1S/C31H42O4.C29H38O4.C2H5I/c1-8-35-26(34)28(4)12-11-27(3)13-15-30(6)23-10-9-20-19(2)25(33)22(32)17-21(20)29(23,5)14-16-31(30,7)24(27)18-28;1-17-18-7-8-21-27(4,19(18)15-20(30)23(17)31)12-14-29(6)22-16-26(3,24(32)33)10-9-25(22,2)11-13-28(21,29)5;1-2-3/h9-10,17,24,33H,8,11-16,18H2,1-7H3;7-8,15,22,31H,9-14,16H2,1-6H3,(H,32,33);2H2,1H3/t24-,27-,28-,29+,30-,31+;22-,25-,26-,27+,28-,29+;/m11./s1.